The SMILES string of the molecule is COc1ccccc1NS(=O)(=O)c1cccc(C(=O)N2CC=C(c3ccccc3)CC2)c1. The fraction of sp³-hybridized carbons (Fsp3) is 0.160. The maximum Gasteiger partial charge on any atom is 0.262 e. The Morgan fingerprint density at radius 2 is 1.72 bits per heavy atom. The zero-order valence-corrected chi connectivity index (χ0v) is 18.5. The van der Waals surface area contributed by atoms with Gasteiger partial charge >= 0.3 is 0 Å². The van der Waals surface area contributed by atoms with Crippen molar-refractivity contribution in [2.45, 2.75) is 11.3 Å². The molecule has 32 heavy (non-hydrogen) atoms. The van der Waals surface area contributed by atoms with Crippen LogP contribution in [0.25, 0.3) is 5.57 Å². The van der Waals surface area contributed by atoms with Crippen molar-refractivity contribution in [1.82, 2.24) is 4.90 Å². The van der Waals surface area contributed by atoms with E-state index in [-0.39, 0.29) is 10.8 Å². The largest absolute Gasteiger partial charge is 0.495 e. The van der Waals surface area contributed by atoms with Gasteiger partial charge in [0.05, 0.1) is 17.7 Å². The molecule has 0 aliphatic carbocycles. The number of nitrogens with one attached hydrogen (secondary N) is 1. The van der Waals surface area contributed by atoms with Gasteiger partial charge in [-0.05, 0) is 47.9 Å². The van der Waals surface area contributed by atoms with Crippen LogP contribution in [0.1, 0.15) is 22.3 Å². The summed E-state index contributed by atoms with van der Waals surface area (Å²) in [5.74, 6) is 0.223. The number of anilines is 1. The van der Waals surface area contributed by atoms with E-state index in [1.165, 1.54) is 24.8 Å². The molecule has 0 spiro atoms. The molecule has 0 fully saturated rings. The monoisotopic (exact) mass is 448 g/mol. The predicted molar refractivity (Wildman–Crippen MR) is 125 cm³/mol. The Labute approximate surface area is 188 Å². The zero-order chi connectivity index (χ0) is 22.6. The van der Waals surface area contributed by atoms with E-state index in [1.807, 2.05) is 18.2 Å². The fourth-order valence-corrected chi connectivity index (χ4v) is 4.80. The Kier molecular flexibility index (Phi) is 6.28. The summed E-state index contributed by atoms with van der Waals surface area (Å²) in [6.07, 6.45) is 2.81. The van der Waals surface area contributed by atoms with Gasteiger partial charge in [-0.2, -0.15) is 0 Å². The maximum absolute atomic E-state index is 13.0. The summed E-state index contributed by atoms with van der Waals surface area (Å²) in [4.78, 5) is 14.8. The molecular formula is C25H24N2O4S. The van der Waals surface area contributed by atoms with Crippen molar-refractivity contribution < 1.29 is 17.9 Å². The van der Waals surface area contributed by atoms with Crippen molar-refractivity contribution in [3.63, 3.8) is 0 Å². The first kappa shape index (κ1) is 21.6. The van der Waals surface area contributed by atoms with Gasteiger partial charge < -0.3 is 9.64 Å². The highest BCUT2D eigenvalue weighted by atomic mass is 32.2. The lowest BCUT2D eigenvalue weighted by molar-refractivity contribution is 0.0772. The third kappa shape index (κ3) is 4.68. The highest BCUT2D eigenvalue weighted by Gasteiger charge is 2.22. The number of para-hydroxylation sites is 2. The van der Waals surface area contributed by atoms with Crippen molar-refractivity contribution in [2.75, 3.05) is 24.9 Å². The molecule has 1 N–H and O–H groups in total. The van der Waals surface area contributed by atoms with Crippen LogP contribution >= 0.6 is 0 Å². The molecular weight excluding hydrogens is 424 g/mol. The summed E-state index contributed by atoms with van der Waals surface area (Å²) in [6, 6.07) is 23.0. The van der Waals surface area contributed by atoms with Crippen LogP contribution in [-0.4, -0.2) is 39.4 Å². The van der Waals surface area contributed by atoms with Crippen LogP contribution in [0.3, 0.4) is 0 Å². The molecule has 1 aliphatic rings. The van der Waals surface area contributed by atoms with Gasteiger partial charge in [-0.15, -0.1) is 0 Å². The number of hydrogen-bond donors (Lipinski definition) is 1. The molecule has 0 unspecified atom stereocenters. The van der Waals surface area contributed by atoms with Crippen LogP contribution in [0.4, 0.5) is 5.69 Å². The van der Waals surface area contributed by atoms with E-state index < -0.39 is 10.0 Å². The normalized spacial score (nSPS) is 13.9. The van der Waals surface area contributed by atoms with Gasteiger partial charge in [-0.25, -0.2) is 8.42 Å². The lowest BCUT2D eigenvalue weighted by atomic mass is 9.99. The number of hydrogen-bond acceptors (Lipinski definition) is 4. The van der Waals surface area contributed by atoms with Crippen molar-refractivity contribution in [3.8, 4) is 5.75 Å². The van der Waals surface area contributed by atoms with Crippen molar-refractivity contribution in [3.05, 3.63) is 96.1 Å². The topological polar surface area (TPSA) is 75.7 Å². The van der Waals surface area contributed by atoms with E-state index in [2.05, 4.69) is 22.9 Å². The first-order valence-electron chi connectivity index (χ1n) is 10.3. The van der Waals surface area contributed by atoms with Gasteiger partial charge in [0.15, 0.2) is 0 Å². The molecule has 0 aromatic heterocycles. The average molecular weight is 449 g/mol. The number of carbonyl (C=O) groups excluding carboxylic acids is 1. The predicted octanol–water partition coefficient (Wildman–Crippen LogP) is 4.43. The smallest absolute Gasteiger partial charge is 0.262 e. The van der Waals surface area contributed by atoms with E-state index in [0.29, 0.717) is 30.1 Å². The Morgan fingerprint density at radius 1 is 0.969 bits per heavy atom. The highest BCUT2D eigenvalue weighted by Crippen LogP contribution is 2.27. The van der Waals surface area contributed by atoms with Crippen LogP contribution in [-0.2, 0) is 10.0 Å². The van der Waals surface area contributed by atoms with Crippen LogP contribution < -0.4 is 9.46 Å². The number of ether oxygens (including phenoxy) is 1. The second-order valence-corrected chi connectivity index (χ2v) is 9.11. The molecule has 0 atom stereocenters. The minimum Gasteiger partial charge on any atom is -0.495 e. The van der Waals surface area contributed by atoms with E-state index >= 15 is 0 Å². The van der Waals surface area contributed by atoms with E-state index in [0.717, 1.165) is 12.0 Å². The number of rotatable bonds is 6. The minimum atomic E-state index is -3.89. The summed E-state index contributed by atoms with van der Waals surface area (Å²) in [5.41, 5.74) is 3.05. The third-order valence-electron chi connectivity index (χ3n) is 5.38. The molecule has 0 saturated heterocycles. The van der Waals surface area contributed by atoms with Crippen molar-refractivity contribution >= 4 is 27.2 Å². The summed E-state index contributed by atoms with van der Waals surface area (Å²) in [7, 11) is -2.42. The number of amides is 1. The maximum atomic E-state index is 13.0. The molecule has 3 aromatic carbocycles. The zero-order valence-electron chi connectivity index (χ0n) is 17.7. The second kappa shape index (κ2) is 9.28. The van der Waals surface area contributed by atoms with E-state index in [9.17, 15) is 13.2 Å². The Hall–Kier alpha value is -3.58. The molecule has 6 nitrogen and oxygen atoms in total. The summed E-state index contributed by atoms with van der Waals surface area (Å²) < 4.78 is 33.6. The lowest BCUT2D eigenvalue weighted by Crippen LogP contribution is -2.34. The van der Waals surface area contributed by atoms with E-state index in [1.54, 1.807) is 41.3 Å². The molecule has 164 valence electrons. The molecule has 1 aliphatic heterocycles. The molecule has 1 amide bonds. The number of methoxy groups -OCH3 is 1. The third-order valence-corrected chi connectivity index (χ3v) is 6.75. The lowest BCUT2D eigenvalue weighted by Gasteiger charge is -2.27. The average Bonchev–Trinajstić information content (AvgIpc) is 2.84. The summed E-state index contributed by atoms with van der Waals surface area (Å²) in [5, 5.41) is 0. The van der Waals surface area contributed by atoms with Gasteiger partial charge in [0.25, 0.3) is 15.9 Å². The van der Waals surface area contributed by atoms with Gasteiger partial charge in [-0.3, -0.25) is 9.52 Å². The first-order chi connectivity index (χ1) is 15.5. The molecule has 1 heterocycles. The quantitative estimate of drug-likeness (QED) is 0.606. The van der Waals surface area contributed by atoms with Gasteiger partial charge in [0.1, 0.15) is 5.75 Å². The standard InChI is InChI=1S/C25H24N2O4S/c1-31-24-13-6-5-12-23(24)26-32(29,30)22-11-7-10-21(18-22)25(28)27-16-14-20(15-17-27)19-8-3-2-4-9-19/h2-14,18,26H,15-17H2,1H3. The van der Waals surface area contributed by atoms with Gasteiger partial charge in [0.2, 0.25) is 0 Å². The van der Waals surface area contributed by atoms with Crippen LogP contribution in [0.15, 0.2) is 89.8 Å². The van der Waals surface area contributed by atoms with Gasteiger partial charge in [-0.1, -0.05) is 54.6 Å². The second-order valence-electron chi connectivity index (χ2n) is 7.43. The minimum absolute atomic E-state index is 0.0202. The van der Waals surface area contributed by atoms with E-state index in [4.69, 9.17) is 4.74 Å². The highest BCUT2D eigenvalue weighted by molar-refractivity contribution is 7.92. The van der Waals surface area contributed by atoms with Crippen LogP contribution in [0, 0.1) is 0 Å². The molecule has 4 rings (SSSR count). The molecule has 0 saturated carbocycles. The Morgan fingerprint density at radius 3 is 2.44 bits per heavy atom. The molecule has 0 radical (unpaired) electrons. The number of carbonyl (C=O) groups is 1. The summed E-state index contributed by atoms with van der Waals surface area (Å²) in [6.45, 7) is 1.06. The molecule has 0 bridgehead atoms. The number of benzene rings is 3. The molecule has 3 aromatic rings. The number of sulfonamides is 1. The first-order valence-corrected chi connectivity index (χ1v) is 11.8. The summed E-state index contributed by atoms with van der Waals surface area (Å²) >= 11 is 0. The number of nitrogens with zero attached hydrogens (tertiary/aromatic N) is 1. The van der Waals surface area contributed by atoms with Crippen LogP contribution in [0.5, 0.6) is 5.75 Å². The molecule has 7 heteroatoms. The van der Waals surface area contributed by atoms with Crippen molar-refractivity contribution in [1.29, 1.82) is 0 Å². The van der Waals surface area contributed by atoms with Gasteiger partial charge in [0, 0.05) is 18.7 Å². The van der Waals surface area contributed by atoms with Crippen molar-refractivity contribution in [2.24, 2.45) is 0 Å². The fourth-order valence-electron chi connectivity index (χ4n) is 3.68. The Balaban J connectivity index is 1.51. The van der Waals surface area contributed by atoms with Crippen LogP contribution in [0.2, 0.25) is 0 Å². The Bertz CT molecular complexity index is 1250.